The summed E-state index contributed by atoms with van der Waals surface area (Å²) in [5.41, 5.74) is 1.24. The Morgan fingerprint density at radius 1 is 1.00 bits per heavy atom. The van der Waals surface area contributed by atoms with Gasteiger partial charge in [-0.2, -0.15) is 0 Å². The molecule has 212 valence electrons. The van der Waals surface area contributed by atoms with Crippen molar-refractivity contribution in [1.82, 2.24) is 15.1 Å². The van der Waals surface area contributed by atoms with Crippen LogP contribution in [0.25, 0.3) is 0 Å². The molecule has 2 atom stereocenters. The van der Waals surface area contributed by atoms with Gasteiger partial charge in [-0.25, -0.2) is 9.59 Å². The van der Waals surface area contributed by atoms with Gasteiger partial charge in [0.2, 0.25) is 0 Å². The van der Waals surface area contributed by atoms with E-state index in [2.05, 4.69) is 10.6 Å². The molecule has 2 unspecified atom stereocenters. The lowest BCUT2D eigenvalue weighted by atomic mass is 10.0. The van der Waals surface area contributed by atoms with E-state index in [0.717, 1.165) is 21.4 Å². The van der Waals surface area contributed by atoms with Gasteiger partial charge in [-0.15, -0.1) is 0 Å². The highest BCUT2D eigenvalue weighted by atomic mass is 16.6. The zero-order valence-electron chi connectivity index (χ0n) is 21.9. The Kier molecular flexibility index (Phi) is 8.77. The number of carbonyl (C=O) groups is 4. The molecule has 41 heavy (non-hydrogen) atoms. The third kappa shape index (κ3) is 7.15. The van der Waals surface area contributed by atoms with Crippen molar-refractivity contribution in [2.45, 2.75) is 25.6 Å². The number of nitro groups is 1. The van der Waals surface area contributed by atoms with Crippen LogP contribution in [0.2, 0.25) is 0 Å². The molecule has 1 heterocycles. The number of nitrogens with zero attached hydrogens (tertiary/aromatic N) is 3. The first-order valence-electron chi connectivity index (χ1n) is 12.6. The number of anilines is 1. The zero-order chi connectivity index (χ0) is 29.5. The van der Waals surface area contributed by atoms with E-state index in [4.69, 9.17) is 4.74 Å². The van der Waals surface area contributed by atoms with E-state index in [1.807, 2.05) is 13.0 Å². The smallest absolute Gasteiger partial charge is 0.417 e. The quantitative estimate of drug-likeness (QED) is 0.274. The minimum atomic E-state index is -1.51. The number of aryl methyl sites for hydroxylation is 1. The third-order valence-corrected chi connectivity index (χ3v) is 6.30. The number of carboxylic acid groups (broad SMARTS) is 1. The van der Waals surface area contributed by atoms with Gasteiger partial charge in [-0.3, -0.25) is 29.5 Å². The van der Waals surface area contributed by atoms with E-state index in [1.54, 1.807) is 48.5 Å². The first kappa shape index (κ1) is 28.5. The fourth-order valence-corrected chi connectivity index (χ4v) is 4.41. The van der Waals surface area contributed by atoms with Crippen molar-refractivity contribution >= 4 is 35.4 Å². The molecular weight excluding hydrogens is 534 g/mol. The molecule has 0 bridgehead atoms. The van der Waals surface area contributed by atoms with Crippen molar-refractivity contribution in [3.63, 3.8) is 0 Å². The minimum Gasteiger partial charge on any atom is -0.481 e. The van der Waals surface area contributed by atoms with E-state index in [9.17, 15) is 34.4 Å². The molecule has 0 aromatic heterocycles. The maximum absolute atomic E-state index is 13.7. The van der Waals surface area contributed by atoms with Gasteiger partial charge in [0, 0.05) is 30.9 Å². The maximum Gasteiger partial charge on any atom is 0.417 e. The van der Waals surface area contributed by atoms with Crippen LogP contribution in [0, 0.1) is 17.0 Å². The van der Waals surface area contributed by atoms with Gasteiger partial charge in [-0.1, -0.05) is 42.5 Å². The Bertz CT molecular complexity index is 1460. The van der Waals surface area contributed by atoms with E-state index in [-0.39, 0.29) is 30.1 Å². The number of carbonyl (C=O) groups excluding carboxylic acids is 3. The topological polar surface area (TPSA) is 171 Å². The molecule has 0 radical (unpaired) electrons. The second-order valence-electron chi connectivity index (χ2n) is 9.25. The van der Waals surface area contributed by atoms with Crippen molar-refractivity contribution in [2.75, 3.05) is 18.4 Å². The third-order valence-electron chi connectivity index (χ3n) is 6.30. The lowest BCUT2D eigenvalue weighted by molar-refractivity contribution is -0.384. The van der Waals surface area contributed by atoms with E-state index >= 15 is 0 Å². The van der Waals surface area contributed by atoms with Gasteiger partial charge in [0.1, 0.15) is 5.75 Å². The molecule has 1 fully saturated rings. The van der Waals surface area contributed by atoms with E-state index in [0.29, 0.717) is 5.69 Å². The summed E-state index contributed by atoms with van der Waals surface area (Å²) < 4.78 is 5.42. The van der Waals surface area contributed by atoms with Gasteiger partial charge in [0.15, 0.2) is 6.17 Å². The van der Waals surface area contributed by atoms with Crippen molar-refractivity contribution in [3.8, 4) is 5.75 Å². The molecule has 13 nitrogen and oxygen atoms in total. The highest BCUT2D eigenvalue weighted by Gasteiger charge is 2.44. The highest BCUT2D eigenvalue weighted by molar-refractivity contribution is 5.96. The maximum atomic E-state index is 13.7. The Balaban J connectivity index is 1.63. The van der Waals surface area contributed by atoms with Gasteiger partial charge in [0.25, 0.3) is 11.6 Å². The van der Waals surface area contributed by atoms with Crippen molar-refractivity contribution in [3.05, 3.63) is 100 Å². The van der Waals surface area contributed by atoms with Gasteiger partial charge in [-0.05, 0) is 42.3 Å². The summed E-state index contributed by atoms with van der Waals surface area (Å²) in [5, 5.41) is 26.0. The van der Waals surface area contributed by atoms with Gasteiger partial charge >= 0.3 is 18.1 Å². The summed E-state index contributed by atoms with van der Waals surface area (Å²) in [4.78, 5) is 64.6. The summed E-state index contributed by atoms with van der Waals surface area (Å²) in [6, 6.07) is 18.5. The van der Waals surface area contributed by atoms with Crippen LogP contribution in [0.3, 0.4) is 0 Å². The predicted molar refractivity (Wildman–Crippen MR) is 146 cm³/mol. The summed E-state index contributed by atoms with van der Waals surface area (Å²) >= 11 is 0. The number of carboxylic acids is 1. The second kappa shape index (κ2) is 12.6. The average Bonchev–Trinajstić information content (AvgIpc) is 3.39. The number of ether oxygens (including phenoxy) is 1. The minimum absolute atomic E-state index is 0.0277. The number of hydrogen-bond acceptors (Lipinski definition) is 7. The molecule has 4 rings (SSSR count). The number of hydrogen-bond donors (Lipinski definition) is 3. The largest absolute Gasteiger partial charge is 0.481 e. The Labute approximate surface area is 234 Å². The fourth-order valence-electron chi connectivity index (χ4n) is 4.41. The molecular formula is C28H27N5O8. The van der Waals surface area contributed by atoms with Crippen molar-refractivity contribution < 1.29 is 33.9 Å². The summed E-state index contributed by atoms with van der Waals surface area (Å²) in [5.74, 6) is -1.92. The second-order valence-corrected chi connectivity index (χ2v) is 9.25. The Morgan fingerprint density at radius 2 is 1.71 bits per heavy atom. The van der Waals surface area contributed by atoms with Crippen LogP contribution in [0.5, 0.6) is 5.75 Å². The number of non-ortho nitro benzene ring substituents is 1. The van der Waals surface area contributed by atoms with Crippen molar-refractivity contribution in [1.29, 1.82) is 0 Å². The van der Waals surface area contributed by atoms with Crippen LogP contribution in [-0.4, -0.2) is 63.1 Å². The average molecular weight is 562 g/mol. The summed E-state index contributed by atoms with van der Waals surface area (Å²) in [6.45, 7) is 1.77. The number of rotatable bonds is 8. The first-order valence-corrected chi connectivity index (χ1v) is 12.6. The highest BCUT2D eigenvalue weighted by Crippen LogP contribution is 2.25. The summed E-state index contributed by atoms with van der Waals surface area (Å²) in [7, 11) is 0. The lowest BCUT2D eigenvalue weighted by Gasteiger charge is -2.30. The van der Waals surface area contributed by atoms with Crippen LogP contribution in [-0.2, 0) is 9.59 Å². The van der Waals surface area contributed by atoms with Gasteiger partial charge < -0.3 is 20.5 Å². The number of urea groups is 1. The number of para-hydroxylation sites is 1. The number of nitrogens with one attached hydrogen (secondary N) is 2. The van der Waals surface area contributed by atoms with E-state index < -0.39 is 47.6 Å². The Morgan fingerprint density at radius 3 is 2.39 bits per heavy atom. The number of aliphatic carboxylic acids is 1. The van der Waals surface area contributed by atoms with E-state index in [1.165, 1.54) is 18.2 Å². The molecule has 0 saturated carbocycles. The fraction of sp³-hybridized carbons (Fsp3) is 0.214. The molecule has 4 amide bonds. The van der Waals surface area contributed by atoms with Gasteiger partial charge in [0.05, 0.1) is 17.4 Å². The molecule has 1 saturated heterocycles. The molecule has 13 heteroatoms. The molecule has 0 spiro atoms. The monoisotopic (exact) mass is 561 g/mol. The SMILES string of the molecule is Cc1cccc(NC(=O)N2CCN(C(=O)Oc3ccccc3)C2C(=O)NC(CC(=O)O)c2cccc([N+](=O)[O-])c2)c1. The molecule has 0 aliphatic carbocycles. The predicted octanol–water partition coefficient (Wildman–Crippen LogP) is 3.91. The standard InChI is InChI=1S/C28H27N5O8/c1-18-7-5-9-20(15-18)29-27(37)31-13-14-32(28(38)41-22-11-3-2-4-12-22)26(31)25(36)30-23(17-24(34)35)19-8-6-10-21(16-19)33(39)40/h2-12,15-16,23,26H,13-14,17H2,1H3,(H,29,37)(H,30,36)(H,34,35). The molecule has 1 aliphatic heterocycles. The lowest BCUT2D eigenvalue weighted by Crippen LogP contribution is -2.55. The molecule has 3 aromatic rings. The summed E-state index contributed by atoms with van der Waals surface area (Å²) in [6.07, 6.45) is -3.01. The van der Waals surface area contributed by atoms with Crippen LogP contribution < -0.4 is 15.4 Å². The van der Waals surface area contributed by atoms with Crippen LogP contribution in [0.4, 0.5) is 21.0 Å². The number of nitro benzene ring substituents is 1. The zero-order valence-corrected chi connectivity index (χ0v) is 21.9. The molecule has 3 aromatic carbocycles. The first-order chi connectivity index (χ1) is 19.6. The molecule has 1 aliphatic rings. The number of amides is 4. The Hall–Kier alpha value is -5.46. The normalized spacial score (nSPS) is 15.1. The van der Waals surface area contributed by atoms with Crippen molar-refractivity contribution in [2.24, 2.45) is 0 Å². The van der Waals surface area contributed by atoms with Crippen LogP contribution in [0.15, 0.2) is 78.9 Å². The van der Waals surface area contributed by atoms with Crippen LogP contribution in [0.1, 0.15) is 23.6 Å². The molecule has 3 N–H and O–H groups in total. The van der Waals surface area contributed by atoms with Crippen LogP contribution >= 0.6 is 0 Å². The number of benzene rings is 3.